The van der Waals surface area contributed by atoms with Crippen LogP contribution < -0.4 is 22.1 Å². The number of carboxylic acid groups (broad SMARTS) is 1. The number of aliphatic hydroxyl groups is 1. The zero-order valence-electron chi connectivity index (χ0n) is 15.7. The second kappa shape index (κ2) is 11.6. The Kier molecular flexibility index (Phi) is 9.85. The SMILES string of the molecule is NC(=O)CCC(N)C(=O)NC(CS)C(=O)NC(CO)C(=O)N1CCCC1C(=O)O. The summed E-state index contributed by atoms with van der Waals surface area (Å²) in [5, 5.41) is 23.3. The Morgan fingerprint density at radius 1 is 1.14 bits per heavy atom. The van der Waals surface area contributed by atoms with Crippen molar-refractivity contribution >= 4 is 42.2 Å². The molecule has 1 saturated heterocycles. The molecule has 1 aliphatic heterocycles. The van der Waals surface area contributed by atoms with Gasteiger partial charge in [-0.25, -0.2) is 4.79 Å². The van der Waals surface area contributed by atoms with Crippen LogP contribution in [0.3, 0.4) is 0 Å². The molecule has 164 valence electrons. The van der Waals surface area contributed by atoms with Gasteiger partial charge in [0.1, 0.15) is 18.1 Å². The van der Waals surface area contributed by atoms with Crippen LogP contribution in [0.1, 0.15) is 25.7 Å². The number of nitrogens with zero attached hydrogens (tertiary/aromatic N) is 1. The van der Waals surface area contributed by atoms with Gasteiger partial charge < -0.3 is 37.2 Å². The van der Waals surface area contributed by atoms with Crippen LogP contribution >= 0.6 is 12.6 Å². The predicted molar refractivity (Wildman–Crippen MR) is 104 cm³/mol. The summed E-state index contributed by atoms with van der Waals surface area (Å²) in [6.07, 6.45) is 0.665. The van der Waals surface area contributed by atoms with Crippen LogP contribution in [0.15, 0.2) is 0 Å². The zero-order chi connectivity index (χ0) is 22.1. The summed E-state index contributed by atoms with van der Waals surface area (Å²) in [5.74, 6) is -4.15. The number of primary amides is 1. The molecule has 4 atom stereocenters. The third-order valence-corrected chi connectivity index (χ3v) is 4.84. The van der Waals surface area contributed by atoms with Crippen molar-refractivity contribution in [2.24, 2.45) is 11.5 Å². The summed E-state index contributed by atoms with van der Waals surface area (Å²) in [6, 6.07) is -4.63. The van der Waals surface area contributed by atoms with Gasteiger partial charge in [-0.05, 0) is 19.3 Å². The van der Waals surface area contributed by atoms with Crippen molar-refractivity contribution in [1.82, 2.24) is 15.5 Å². The monoisotopic (exact) mass is 433 g/mol. The van der Waals surface area contributed by atoms with Crippen LogP contribution in [0.5, 0.6) is 0 Å². The van der Waals surface area contributed by atoms with Crippen molar-refractivity contribution in [3.8, 4) is 0 Å². The predicted octanol–water partition coefficient (Wildman–Crippen LogP) is -3.45. The van der Waals surface area contributed by atoms with Crippen LogP contribution in [0.2, 0.25) is 0 Å². The number of thiol groups is 1. The van der Waals surface area contributed by atoms with Gasteiger partial charge in [-0.2, -0.15) is 12.6 Å². The molecule has 0 spiro atoms. The van der Waals surface area contributed by atoms with Crippen LogP contribution in [0, 0.1) is 0 Å². The van der Waals surface area contributed by atoms with Crippen molar-refractivity contribution in [1.29, 1.82) is 0 Å². The number of nitrogens with two attached hydrogens (primary N) is 2. The maximum Gasteiger partial charge on any atom is 0.326 e. The molecule has 12 nitrogen and oxygen atoms in total. The first-order valence-electron chi connectivity index (χ1n) is 9.02. The quantitative estimate of drug-likeness (QED) is 0.163. The minimum atomic E-state index is -1.37. The first-order chi connectivity index (χ1) is 13.6. The maximum absolute atomic E-state index is 12.5. The van der Waals surface area contributed by atoms with Gasteiger partial charge >= 0.3 is 5.97 Å². The second-order valence-electron chi connectivity index (χ2n) is 6.63. The first kappa shape index (κ1) is 24.7. The highest BCUT2D eigenvalue weighted by molar-refractivity contribution is 7.80. The van der Waals surface area contributed by atoms with E-state index in [9.17, 15) is 34.2 Å². The number of hydrogen-bond acceptors (Lipinski definition) is 8. The molecule has 1 aliphatic rings. The van der Waals surface area contributed by atoms with Crippen molar-refractivity contribution in [3.63, 3.8) is 0 Å². The van der Waals surface area contributed by atoms with E-state index in [2.05, 4.69) is 23.3 Å². The van der Waals surface area contributed by atoms with Gasteiger partial charge in [-0.1, -0.05) is 0 Å². The molecular formula is C16H27N5O7S. The molecule has 1 rings (SSSR count). The number of rotatable bonds is 11. The summed E-state index contributed by atoms with van der Waals surface area (Å²) in [4.78, 5) is 60.1. The number of hydrogen-bond donors (Lipinski definition) is 7. The highest BCUT2D eigenvalue weighted by atomic mass is 32.1. The summed E-state index contributed by atoms with van der Waals surface area (Å²) in [7, 11) is 0. The van der Waals surface area contributed by atoms with Crippen molar-refractivity contribution in [3.05, 3.63) is 0 Å². The minimum Gasteiger partial charge on any atom is -0.480 e. The molecule has 0 aromatic rings. The van der Waals surface area contributed by atoms with Crippen molar-refractivity contribution < 1.29 is 34.2 Å². The van der Waals surface area contributed by atoms with Crippen molar-refractivity contribution in [2.75, 3.05) is 18.9 Å². The number of carboxylic acids is 1. The molecule has 1 fully saturated rings. The lowest BCUT2D eigenvalue weighted by molar-refractivity contribution is -0.150. The number of nitrogens with one attached hydrogen (secondary N) is 2. The minimum absolute atomic E-state index is 0.00857. The molecule has 0 aromatic heterocycles. The number of amides is 4. The fourth-order valence-corrected chi connectivity index (χ4v) is 3.10. The van der Waals surface area contributed by atoms with Gasteiger partial charge in [0.05, 0.1) is 12.6 Å². The first-order valence-corrected chi connectivity index (χ1v) is 9.65. The number of likely N-dealkylation sites (tertiary alicyclic amines) is 1. The molecule has 0 aliphatic carbocycles. The molecule has 1 heterocycles. The molecular weight excluding hydrogens is 406 g/mol. The van der Waals surface area contributed by atoms with Crippen molar-refractivity contribution in [2.45, 2.75) is 49.9 Å². The van der Waals surface area contributed by atoms with E-state index >= 15 is 0 Å². The lowest BCUT2D eigenvalue weighted by Crippen LogP contribution is -2.58. The lowest BCUT2D eigenvalue weighted by Gasteiger charge is -2.27. The summed E-state index contributed by atoms with van der Waals surface area (Å²) in [6.45, 7) is -0.553. The van der Waals surface area contributed by atoms with Gasteiger partial charge in [0.2, 0.25) is 23.6 Å². The number of carbonyl (C=O) groups is 5. The van der Waals surface area contributed by atoms with Crippen LogP contribution in [-0.4, -0.2) is 87.8 Å². The fraction of sp³-hybridized carbons (Fsp3) is 0.688. The fourth-order valence-electron chi connectivity index (χ4n) is 2.85. The average Bonchev–Trinajstić information content (AvgIpc) is 3.17. The standard InChI is InChI=1S/C16H27N5O7S/c17-8(3-4-12(18)23)13(24)20-10(7-29)14(25)19-9(6-22)15(26)21-5-1-2-11(21)16(27)28/h8-11,22,29H,1-7,17H2,(H2,18,23)(H,19,25)(H,20,24)(H,27,28). The molecule has 0 radical (unpaired) electrons. The molecule has 0 bridgehead atoms. The van der Waals surface area contributed by atoms with E-state index in [0.717, 1.165) is 4.90 Å². The highest BCUT2D eigenvalue weighted by Gasteiger charge is 2.38. The van der Waals surface area contributed by atoms with Gasteiger partial charge in [0, 0.05) is 18.7 Å². The van der Waals surface area contributed by atoms with Crippen LogP contribution in [-0.2, 0) is 24.0 Å². The molecule has 0 aromatic carbocycles. The van der Waals surface area contributed by atoms with Gasteiger partial charge in [-0.15, -0.1) is 0 Å². The van der Waals surface area contributed by atoms with Gasteiger partial charge in [0.15, 0.2) is 0 Å². The molecule has 13 heteroatoms. The Morgan fingerprint density at radius 2 is 1.76 bits per heavy atom. The van der Waals surface area contributed by atoms with E-state index in [1.165, 1.54) is 0 Å². The van der Waals surface area contributed by atoms with E-state index in [-0.39, 0.29) is 31.6 Å². The highest BCUT2D eigenvalue weighted by Crippen LogP contribution is 2.18. The molecule has 4 unspecified atom stereocenters. The molecule has 29 heavy (non-hydrogen) atoms. The Hall–Kier alpha value is -2.38. The van der Waals surface area contributed by atoms with Crippen LogP contribution in [0.25, 0.3) is 0 Å². The normalized spacial score (nSPS) is 19.1. The largest absolute Gasteiger partial charge is 0.480 e. The molecule has 8 N–H and O–H groups in total. The third-order valence-electron chi connectivity index (χ3n) is 4.47. The Bertz CT molecular complexity index is 647. The Balaban J connectivity index is 2.71. The van der Waals surface area contributed by atoms with E-state index in [4.69, 9.17) is 11.5 Å². The van der Waals surface area contributed by atoms with Gasteiger partial charge in [-0.3, -0.25) is 19.2 Å². The molecule has 4 amide bonds. The average molecular weight is 433 g/mol. The number of aliphatic hydroxyl groups excluding tert-OH is 1. The summed E-state index contributed by atoms with van der Waals surface area (Å²) < 4.78 is 0. The lowest BCUT2D eigenvalue weighted by atomic mass is 10.1. The Morgan fingerprint density at radius 3 is 2.28 bits per heavy atom. The van der Waals surface area contributed by atoms with E-state index in [0.29, 0.717) is 6.42 Å². The van der Waals surface area contributed by atoms with Crippen LogP contribution in [0.4, 0.5) is 0 Å². The Labute approximate surface area is 172 Å². The summed E-state index contributed by atoms with van der Waals surface area (Å²) >= 11 is 3.99. The zero-order valence-corrected chi connectivity index (χ0v) is 16.6. The number of carbonyl (C=O) groups excluding carboxylic acids is 4. The van der Waals surface area contributed by atoms with E-state index in [1.807, 2.05) is 0 Å². The second-order valence-corrected chi connectivity index (χ2v) is 6.99. The molecule has 0 saturated carbocycles. The van der Waals surface area contributed by atoms with E-state index in [1.54, 1.807) is 0 Å². The third kappa shape index (κ3) is 7.18. The van der Waals surface area contributed by atoms with Gasteiger partial charge in [0.25, 0.3) is 0 Å². The smallest absolute Gasteiger partial charge is 0.326 e. The maximum atomic E-state index is 12.5. The summed E-state index contributed by atoms with van der Waals surface area (Å²) in [5.41, 5.74) is 10.6. The topological polar surface area (TPSA) is 205 Å². The number of aliphatic carboxylic acids is 1. The van der Waals surface area contributed by atoms with E-state index < -0.39 is 60.4 Å².